The number of rotatable bonds is 7. The van der Waals surface area contributed by atoms with E-state index < -0.39 is 79.0 Å². The van der Waals surface area contributed by atoms with Crippen molar-refractivity contribution in [3.63, 3.8) is 0 Å². The maximum absolute atomic E-state index is 11.9. The molecule has 2 saturated heterocycles. The van der Waals surface area contributed by atoms with Gasteiger partial charge in [-0.2, -0.15) is 0 Å². The van der Waals surface area contributed by atoms with E-state index in [0.717, 1.165) is 0 Å². The van der Waals surface area contributed by atoms with E-state index >= 15 is 0 Å². The van der Waals surface area contributed by atoms with Gasteiger partial charge in [0, 0.05) is 11.8 Å². The Balaban J connectivity index is 1.64. The Morgan fingerprint density at radius 2 is 1.69 bits per heavy atom. The third-order valence-corrected chi connectivity index (χ3v) is 7.13. The molecule has 0 saturated carbocycles. The summed E-state index contributed by atoms with van der Waals surface area (Å²) in [6.07, 6.45) is -9.09. The Morgan fingerprint density at radius 1 is 1.06 bits per heavy atom. The van der Waals surface area contributed by atoms with Crippen molar-refractivity contribution in [1.82, 2.24) is 0 Å². The minimum Gasteiger partial charge on any atom is -0.388 e. The van der Waals surface area contributed by atoms with E-state index in [1.807, 2.05) is 0 Å². The van der Waals surface area contributed by atoms with Crippen LogP contribution in [0.15, 0.2) is 23.8 Å². The van der Waals surface area contributed by atoms with E-state index in [0.29, 0.717) is 5.57 Å². The first kappa shape index (κ1) is 29.3. The molecule has 0 aromatic heterocycles. The van der Waals surface area contributed by atoms with Gasteiger partial charge in [-0.1, -0.05) is 19.9 Å². The van der Waals surface area contributed by atoms with E-state index in [9.17, 15) is 40.5 Å². The van der Waals surface area contributed by atoms with Gasteiger partial charge in [-0.25, -0.2) is 0 Å². The molecule has 0 radical (unpaired) electrons. The summed E-state index contributed by atoms with van der Waals surface area (Å²) in [4.78, 5) is 11.9. The zero-order valence-electron chi connectivity index (χ0n) is 20.8. The number of carbonyl (C=O) groups excluding carboxylic acids is 1. The van der Waals surface area contributed by atoms with Gasteiger partial charge in [-0.3, -0.25) is 4.79 Å². The summed E-state index contributed by atoms with van der Waals surface area (Å²) in [5.41, 5.74) is -1.69. The number of allylic oxidation sites excluding steroid dienone is 1. The number of hydrogen-bond donors (Lipinski definition) is 7. The molecule has 0 bridgehead atoms. The van der Waals surface area contributed by atoms with Crippen LogP contribution < -0.4 is 0 Å². The smallest absolute Gasteiger partial charge is 0.187 e. The molecule has 11 atom stereocenters. The van der Waals surface area contributed by atoms with Crippen LogP contribution in [0.25, 0.3) is 0 Å². The van der Waals surface area contributed by atoms with Crippen molar-refractivity contribution in [2.75, 3.05) is 13.2 Å². The third-order valence-electron chi connectivity index (χ3n) is 7.13. The minimum atomic E-state index is -1.64. The third kappa shape index (κ3) is 5.89. The molecule has 0 amide bonds. The lowest BCUT2D eigenvalue weighted by Crippen LogP contribution is -2.60. The van der Waals surface area contributed by atoms with Crippen LogP contribution in [0.2, 0.25) is 0 Å². The molecule has 2 aliphatic heterocycles. The quantitative estimate of drug-likeness (QED) is 0.181. The maximum atomic E-state index is 11.9. The van der Waals surface area contributed by atoms with Gasteiger partial charge in [-0.15, -0.1) is 0 Å². The van der Waals surface area contributed by atoms with Gasteiger partial charge >= 0.3 is 0 Å². The van der Waals surface area contributed by atoms with Crippen LogP contribution >= 0.6 is 0 Å². The standard InChI is InChI=1S/C24H38O12/c1-11-7-13(25)8-23(3,4)24(11,32)6-5-12(2)35-22-20(31)18(29)17(28)15(36-22)10-34-21-19(30)16(27)14(26)9-33-21/h5-7,12,14-22,26-32H,8-10H2,1-4H3/b6-5+. The van der Waals surface area contributed by atoms with E-state index in [1.54, 1.807) is 33.8 Å². The Morgan fingerprint density at radius 3 is 2.33 bits per heavy atom. The molecule has 0 aromatic carbocycles. The normalized spacial score (nSPS) is 44.5. The highest BCUT2D eigenvalue weighted by Crippen LogP contribution is 2.44. The second-order valence-electron chi connectivity index (χ2n) is 10.4. The molecule has 12 heteroatoms. The van der Waals surface area contributed by atoms with Gasteiger partial charge < -0.3 is 54.7 Å². The minimum absolute atomic E-state index is 0.0729. The fraction of sp³-hybridized carbons (Fsp3) is 0.792. The molecule has 2 fully saturated rings. The molecule has 2 heterocycles. The first-order valence-electron chi connectivity index (χ1n) is 11.9. The molecule has 11 unspecified atom stereocenters. The van der Waals surface area contributed by atoms with Crippen LogP contribution in [0, 0.1) is 5.41 Å². The zero-order chi connectivity index (χ0) is 27.0. The number of aliphatic hydroxyl groups is 7. The van der Waals surface area contributed by atoms with Gasteiger partial charge in [0.05, 0.1) is 19.3 Å². The summed E-state index contributed by atoms with van der Waals surface area (Å²) in [5.74, 6) is -0.0729. The van der Waals surface area contributed by atoms with E-state index in [1.165, 1.54) is 12.2 Å². The van der Waals surface area contributed by atoms with Crippen molar-refractivity contribution >= 4 is 5.78 Å². The van der Waals surface area contributed by atoms with Gasteiger partial charge in [0.1, 0.15) is 48.3 Å². The molecule has 3 aliphatic rings. The van der Waals surface area contributed by atoms with Crippen molar-refractivity contribution in [1.29, 1.82) is 0 Å². The summed E-state index contributed by atoms with van der Waals surface area (Å²) < 4.78 is 21.9. The van der Waals surface area contributed by atoms with Crippen LogP contribution in [0.5, 0.6) is 0 Å². The molecule has 12 nitrogen and oxygen atoms in total. The Kier molecular flexibility index (Phi) is 9.12. The predicted molar refractivity (Wildman–Crippen MR) is 122 cm³/mol. The summed E-state index contributed by atoms with van der Waals surface area (Å²) in [7, 11) is 0. The van der Waals surface area contributed by atoms with Crippen LogP contribution in [0.4, 0.5) is 0 Å². The lowest BCUT2D eigenvalue weighted by molar-refractivity contribution is -0.324. The Bertz CT molecular complexity index is 843. The monoisotopic (exact) mass is 518 g/mol. The topological polar surface area (TPSA) is 196 Å². The average Bonchev–Trinajstić information content (AvgIpc) is 2.80. The lowest BCUT2D eigenvalue weighted by atomic mass is 9.64. The molecular weight excluding hydrogens is 480 g/mol. The number of hydrogen-bond acceptors (Lipinski definition) is 12. The molecule has 3 rings (SSSR count). The van der Waals surface area contributed by atoms with Crippen LogP contribution in [-0.4, -0.2) is 122 Å². The fourth-order valence-corrected chi connectivity index (χ4v) is 4.68. The van der Waals surface area contributed by atoms with Gasteiger partial charge in [0.15, 0.2) is 18.4 Å². The molecular formula is C24H38O12. The van der Waals surface area contributed by atoms with Crippen molar-refractivity contribution in [3.05, 3.63) is 23.8 Å². The maximum Gasteiger partial charge on any atom is 0.187 e. The molecule has 36 heavy (non-hydrogen) atoms. The highest BCUT2D eigenvalue weighted by Gasteiger charge is 2.48. The van der Waals surface area contributed by atoms with E-state index in [4.69, 9.17) is 18.9 Å². The number of ether oxygens (including phenoxy) is 4. The highest BCUT2D eigenvalue weighted by atomic mass is 16.7. The SMILES string of the molecule is CC1=CC(=O)CC(C)(C)C1(O)/C=C/C(C)OC1OC(COC2OCC(O)C(O)C2O)C(O)C(O)C1O. The average molecular weight is 519 g/mol. The van der Waals surface area contributed by atoms with Gasteiger partial charge in [0.2, 0.25) is 0 Å². The Hall–Kier alpha value is -1.29. The Labute approximate surface area is 209 Å². The number of carbonyl (C=O) groups is 1. The van der Waals surface area contributed by atoms with Crippen molar-refractivity contribution in [3.8, 4) is 0 Å². The summed E-state index contributed by atoms with van der Waals surface area (Å²) in [6, 6.07) is 0. The zero-order valence-corrected chi connectivity index (χ0v) is 20.8. The fourth-order valence-electron chi connectivity index (χ4n) is 4.68. The van der Waals surface area contributed by atoms with Crippen molar-refractivity contribution in [2.24, 2.45) is 5.41 Å². The first-order valence-corrected chi connectivity index (χ1v) is 11.9. The molecule has 7 N–H and O–H groups in total. The lowest BCUT2D eigenvalue weighted by Gasteiger charge is -2.44. The van der Waals surface area contributed by atoms with Crippen LogP contribution in [0.1, 0.15) is 34.1 Å². The highest BCUT2D eigenvalue weighted by molar-refractivity contribution is 5.92. The van der Waals surface area contributed by atoms with Gasteiger partial charge in [0.25, 0.3) is 0 Å². The van der Waals surface area contributed by atoms with E-state index in [-0.39, 0.29) is 18.8 Å². The number of ketones is 1. The molecule has 206 valence electrons. The first-order chi connectivity index (χ1) is 16.7. The summed E-state index contributed by atoms with van der Waals surface area (Å²) >= 11 is 0. The van der Waals surface area contributed by atoms with Crippen LogP contribution in [0.3, 0.4) is 0 Å². The van der Waals surface area contributed by atoms with Crippen molar-refractivity contribution in [2.45, 2.75) is 101 Å². The molecule has 1 aliphatic carbocycles. The predicted octanol–water partition coefficient (Wildman–Crippen LogP) is -2.11. The van der Waals surface area contributed by atoms with Crippen LogP contribution in [-0.2, 0) is 23.7 Å². The second kappa shape index (κ2) is 11.2. The summed E-state index contributed by atoms with van der Waals surface area (Å²) in [5, 5.41) is 71.6. The number of aliphatic hydroxyl groups excluding tert-OH is 6. The largest absolute Gasteiger partial charge is 0.388 e. The summed E-state index contributed by atoms with van der Waals surface area (Å²) in [6.45, 7) is 6.17. The van der Waals surface area contributed by atoms with E-state index in [2.05, 4.69) is 0 Å². The van der Waals surface area contributed by atoms with Gasteiger partial charge in [-0.05, 0) is 31.6 Å². The molecule has 0 spiro atoms. The second-order valence-corrected chi connectivity index (χ2v) is 10.4. The van der Waals surface area contributed by atoms with Crippen molar-refractivity contribution < 1.29 is 59.5 Å². The molecule has 0 aromatic rings.